The van der Waals surface area contributed by atoms with Gasteiger partial charge < -0.3 is 20.3 Å². The van der Waals surface area contributed by atoms with E-state index < -0.39 is 29.3 Å². The third-order valence-electron chi connectivity index (χ3n) is 6.46. The van der Waals surface area contributed by atoms with Gasteiger partial charge >= 0.3 is 12.4 Å². The van der Waals surface area contributed by atoms with Crippen LogP contribution in [0.25, 0.3) is 45.1 Å². The average molecular weight is 582 g/mol. The third-order valence-corrected chi connectivity index (χ3v) is 6.46. The van der Waals surface area contributed by atoms with Gasteiger partial charge in [-0.1, -0.05) is 0 Å². The van der Waals surface area contributed by atoms with Gasteiger partial charge in [-0.15, -0.1) is 0 Å². The van der Waals surface area contributed by atoms with E-state index in [1.54, 1.807) is 0 Å². The summed E-state index contributed by atoms with van der Waals surface area (Å²) in [5.74, 6) is -1.13. The number of carbonyl (C=O) groups is 1. The minimum absolute atomic E-state index is 0.0619. The van der Waals surface area contributed by atoms with Crippen molar-refractivity contribution in [3.05, 3.63) is 95.1 Å². The van der Waals surface area contributed by atoms with Gasteiger partial charge in [0.15, 0.2) is 16.9 Å². The normalized spacial score (nSPS) is 12.3. The zero-order chi connectivity index (χ0) is 30.0. The molecule has 0 saturated heterocycles. The number of nitrogens with zero attached hydrogens (tertiary/aromatic N) is 2. The van der Waals surface area contributed by atoms with E-state index in [1.807, 2.05) is 0 Å². The number of halogens is 6. The summed E-state index contributed by atoms with van der Waals surface area (Å²) < 4.78 is 92.7. The van der Waals surface area contributed by atoms with E-state index in [4.69, 9.17) is 20.3 Å². The summed E-state index contributed by atoms with van der Waals surface area (Å²) in [6.45, 7) is 0. The van der Waals surface area contributed by atoms with E-state index >= 15 is 0 Å². The number of anilines is 2. The Hall–Kier alpha value is -5.33. The standard InChI is InChI=1S/C29H16F6N4O3/c30-28(31,32)19-11-15(36)3-5-17(19)26-38-21-7-1-13(9-23(21)41-26)25(40)14-2-8-22-24(10-14)42-27(39-22)18-6-4-16(37)12-20(18)29(33,34)35/h1-12H,36-37H2. The first-order valence-corrected chi connectivity index (χ1v) is 12.1. The van der Waals surface area contributed by atoms with Crippen LogP contribution in [0.5, 0.6) is 0 Å². The van der Waals surface area contributed by atoms with Gasteiger partial charge in [-0.05, 0) is 72.8 Å². The highest BCUT2D eigenvalue weighted by atomic mass is 19.4. The second-order valence-electron chi connectivity index (χ2n) is 9.34. The Kier molecular flexibility index (Phi) is 5.99. The third kappa shape index (κ3) is 4.78. The van der Waals surface area contributed by atoms with Crippen molar-refractivity contribution in [3.8, 4) is 22.9 Å². The number of hydrogen-bond acceptors (Lipinski definition) is 7. The Morgan fingerprint density at radius 3 is 1.38 bits per heavy atom. The van der Waals surface area contributed by atoms with Crippen molar-refractivity contribution in [2.24, 2.45) is 0 Å². The number of alkyl halides is 6. The number of benzene rings is 4. The molecule has 0 aliphatic heterocycles. The van der Waals surface area contributed by atoms with Crippen LogP contribution >= 0.6 is 0 Å². The summed E-state index contributed by atoms with van der Waals surface area (Å²) in [6, 6.07) is 14.8. The zero-order valence-electron chi connectivity index (χ0n) is 21.0. The van der Waals surface area contributed by atoms with Gasteiger partial charge in [0.05, 0.1) is 11.1 Å². The molecular formula is C29H16F6N4O3. The Morgan fingerprint density at radius 1 is 0.595 bits per heavy atom. The van der Waals surface area contributed by atoms with E-state index in [1.165, 1.54) is 48.5 Å². The molecule has 0 radical (unpaired) electrons. The van der Waals surface area contributed by atoms with Crippen molar-refractivity contribution in [2.75, 3.05) is 11.5 Å². The fourth-order valence-corrected chi connectivity index (χ4v) is 4.49. The number of nitrogen functional groups attached to an aromatic ring is 2. The number of carbonyl (C=O) groups excluding carboxylic acids is 1. The maximum Gasteiger partial charge on any atom is 0.417 e. The monoisotopic (exact) mass is 582 g/mol. The summed E-state index contributed by atoms with van der Waals surface area (Å²) in [7, 11) is 0. The maximum atomic E-state index is 13.6. The molecule has 13 heteroatoms. The number of oxazole rings is 2. The Labute approximate surface area is 231 Å². The summed E-state index contributed by atoms with van der Waals surface area (Å²) in [5.41, 5.74) is 9.01. The van der Waals surface area contributed by atoms with E-state index in [0.717, 1.165) is 24.3 Å². The van der Waals surface area contributed by atoms with E-state index in [9.17, 15) is 31.1 Å². The van der Waals surface area contributed by atoms with Crippen molar-refractivity contribution >= 4 is 39.4 Å². The Morgan fingerprint density at radius 2 is 1.00 bits per heavy atom. The summed E-state index contributed by atoms with van der Waals surface area (Å²) in [6.07, 6.45) is -9.43. The predicted molar refractivity (Wildman–Crippen MR) is 141 cm³/mol. The smallest absolute Gasteiger partial charge is 0.417 e. The number of fused-ring (bicyclic) bond motifs is 2. The molecule has 6 aromatic rings. The maximum absolute atomic E-state index is 13.6. The molecule has 0 spiro atoms. The van der Waals surface area contributed by atoms with Crippen LogP contribution in [0.15, 0.2) is 81.6 Å². The van der Waals surface area contributed by atoms with Gasteiger partial charge in [-0.3, -0.25) is 4.79 Å². The fraction of sp³-hybridized carbons (Fsp3) is 0.0690. The number of aromatic nitrogens is 2. The molecule has 0 bridgehead atoms. The van der Waals surface area contributed by atoms with Crippen LogP contribution in [-0.2, 0) is 12.4 Å². The van der Waals surface area contributed by atoms with Crippen LogP contribution in [-0.4, -0.2) is 15.8 Å². The number of nitrogens with two attached hydrogens (primary N) is 2. The van der Waals surface area contributed by atoms with Crippen molar-refractivity contribution in [1.82, 2.24) is 9.97 Å². The molecule has 4 N–H and O–H groups in total. The minimum atomic E-state index is -4.71. The number of rotatable bonds is 4. The highest BCUT2D eigenvalue weighted by molar-refractivity contribution is 6.11. The lowest BCUT2D eigenvalue weighted by Gasteiger charge is -2.11. The molecule has 0 amide bonds. The zero-order valence-corrected chi connectivity index (χ0v) is 21.0. The van der Waals surface area contributed by atoms with Crippen LogP contribution in [0.1, 0.15) is 27.0 Å². The molecule has 4 aromatic carbocycles. The van der Waals surface area contributed by atoms with E-state index in [2.05, 4.69) is 9.97 Å². The first kappa shape index (κ1) is 26.9. The van der Waals surface area contributed by atoms with Crippen LogP contribution in [0, 0.1) is 0 Å². The molecule has 0 atom stereocenters. The van der Waals surface area contributed by atoms with Crippen LogP contribution in [0.2, 0.25) is 0 Å². The second-order valence-corrected chi connectivity index (χ2v) is 9.34. The first-order valence-electron chi connectivity index (χ1n) is 12.1. The Balaban J connectivity index is 1.35. The highest BCUT2D eigenvalue weighted by Gasteiger charge is 2.36. The van der Waals surface area contributed by atoms with Crippen molar-refractivity contribution in [1.29, 1.82) is 0 Å². The lowest BCUT2D eigenvalue weighted by molar-refractivity contribution is -0.137. The second kappa shape index (κ2) is 9.36. The molecule has 0 unspecified atom stereocenters. The van der Waals surface area contributed by atoms with Gasteiger partial charge in [0.25, 0.3) is 0 Å². The van der Waals surface area contributed by atoms with Crippen LogP contribution < -0.4 is 11.5 Å². The van der Waals surface area contributed by atoms with E-state index in [-0.39, 0.29) is 67.6 Å². The molecule has 0 fully saturated rings. The molecule has 6 rings (SSSR count). The summed E-state index contributed by atoms with van der Waals surface area (Å²) in [4.78, 5) is 21.5. The van der Waals surface area contributed by atoms with Gasteiger partial charge in [-0.2, -0.15) is 26.3 Å². The van der Waals surface area contributed by atoms with Crippen LogP contribution in [0.3, 0.4) is 0 Å². The summed E-state index contributed by atoms with van der Waals surface area (Å²) in [5, 5.41) is 0. The van der Waals surface area contributed by atoms with Gasteiger partial charge in [0, 0.05) is 33.6 Å². The first-order chi connectivity index (χ1) is 19.8. The van der Waals surface area contributed by atoms with Crippen LogP contribution in [0.4, 0.5) is 37.7 Å². The molecule has 0 saturated carbocycles. The molecular weight excluding hydrogens is 566 g/mol. The minimum Gasteiger partial charge on any atom is -0.436 e. The molecule has 0 aliphatic rings. The molecule has 7 nitrogen and oxygen atoms in total. The van der Waals surface area contributed by atoms with Gasteiger partial charge in [0.1, 0.15) is 11.0 Å². The topological polar surface area (TPSA) is 121 Å². The SMILES string of the molecule is Nc1ccc(-c2nc3ccc(C(=O)c4ccc5nc(-c6ccc(N)cc6C(F)(F)F)oc5c4)cc3o2)c(C(F)(F)F)c1. The highest BCUT2D eigenvalue weighted by Crippen LogP contribution is 2.40. The molecule has 42 heavy (non-hydrogen) atoms. The van der Waals surface area contributed by atoms with E-state index in [0.29, 0.717) is 0 Å². The quantitative estimate of drug-likeness (QED) is 0.124. The predicted octanol–water partition coefficient (Wildman–Crippen LogP) is 7.74. The number of hydrogen-bond donors (Lipinski definition) is 2. The van der Waals surface area contributed by atoms with Gasteiger partial charge in [0.2, 0.25) is 11.8 Å². The molecule has 2 heterocycles. The fourth-order valence-electron chi connectivity index (χ4n) is 4.49. The van der Waals surface area contributed by atoms with Crippen molar-refractivity contribution < 1.29 is 40.0 Å². The largest absolute Gasteiger partial charge is 0.436 e. The molecule has 212 valence electrons. The lowest BCUT2D eigenvalue weighted by Crippen LogP contribution is -2.08. The lowest BCUT2D eigenvalue weighted by atomic mass is 10.0. The Bertz CT molecular complexity index is 1880. The number of ketones is 1. The van der Waals surface area contributed by atoms with Crippen molar-refractivity contribution in [2.45, 2.75) is 12.4 Å². The van der Waals surface area contributed by atoms with Crippen molar-refractivity contribution in [3.63, 3.8) is 0 Å². The molecule has 0 aliphatic carbocycles. The van der Waals surface area contributed by atoms with Gasteiger partial charge in [-0.25, -0.2) is 9.97 Å². The molecule has 2 aromatic heterocycles. The summed E-state index contributed by atoms with van der Waals surface area (Å²) >= 11 is 0. The average Bonchev–Trinajstić information content (AvgIpc) is 3.55.